The average Bonchev–Trinajstić information content (AvgIpc) is 2.17. The molecule has 2 unspecified atom stereocenters. The largest absolute Gasteiger partial charge is 0.285 e. The Labute approximate surface area is 89.4 Å². The van der Waals surface area contributed by atoms with Crippen molar-refractivity contribution < 1.29 is 9.59 Å². The van der Waals surface area contributed by atoms with E-state index in [2.05, 4.69) is 22.6 Å². The lowest BCUT2D eigenvalue weighted by Crippen LogP contribution is -2.26. The third-order valence-electron chi connectivity index (χ3n) is 1.69. The molecule has 5 heteroatoms. The number of likely N-dealkylation sites (tertiary alicyclic amines) is 1. The number of hydrogen-bond donors (Lipinski definition) is 0. The molecule has 0 radical (unpaired) electrons. The monoisotopic (exact) mass is 299 g/mol. The maximum absolute atomic E-state index is 11.3. The molecule has 0 N–H and O–H groups in total. The van der Waals surface area contributed by atoms with Gasteiger partial charge in [0, 0.05) is 13.5 Å². The Kier molecular flexibility index (Phi) is 3.39. The average molecular weight is 299 g/mol. The number of carbonyl (C=O) groups is 2. The van der Waals surface area contributed by atoms with Crippen LogP contribution in [0.1, 0.15) is 13.3 Å². The molecule has 1 aliphatic heterocycles. The Morgan fingerprint density at radius 1 is 1.67 bits per heavy atom. The van der Waals surface area contributed by atoms with E-state index in [0.717, 1.165) is 0 Å². The van der Waals surface area contributed by atoms with Crippen LogP contribution in [0.2, 0.25) is 0 Å². The SMILES string of the molecule is CC(I)SC1CC(=O)N(C)C1=O. The van der Waals surface area contributed by atoms with Gasteiger partial charge in [0.25, 0.3) is 0 Å². The molecule has 0 aromatic rings. The van der Waals surface area contributed by atoms with Gasteiger partial charge in [0.05, 0.1) is 8.51 Å². The van der Waals surface area contributed by atoms with Crippen molar-refractivity contribution in [1.29, 1.82) is 0 Å². The first-order valence-electron chi connectivity index (χ1n) is 3.62. The molecule has 0 bridgehead atoms. The van der Waals surface area contributed by atoms with E-state index in [1.165, 1.54) is 4.90 Å². The van der Waals surface area contributed by atoms with E-state index in [4.69, 9.17) is 0 Å². The number of carbonyl (C=O) groups excluding carboxylic acids is 2. The van der Waals surface area contributed by atoms with Gasteiger partial charge < -0.3 is 0 Å². The van der Waals surface area contributed by atoms with E-state index < -0.39 is 0 Å². The Bertz CT molecular complexity index is 219. The smallest absolute Gasteiger partial charge is 0.242 e. The summed E-state index contributed by atoms with van der Waals surface area (Å²) >= 11 is 3.79. The maximum Gasteiger partial charge on any atom is 0.242 e. The van der Waals surface area contributed by atoms with Gasteiger partial charge in [-0.25, -0.2) is 0 Å². The molecule has 1 fully saturated rings. The zero-order valence-electron chi connectivity index (χ0n) is 6.91. The molecule has 0 aromatic carbocycles. The maximum atomic E-state index is 11.3. The van der Waals surface area contributed by atoms with Crippen molar-refractivity contribution in [3.05, 3.63) is 0 Å². The second-order valence-electron chi connectivity index (χ2n) is 2.66. The highest BCUT2D eigenvalue weighted by Gasteiger charge is 2.36. The topological polar surface area (TPSA) is 37.4 Å². The Morgan fingerprint density at radius 2 is 2.25 bits per heavy atom. The van der Waals surface area contributed by atoms with Gasteiger partial charge in [0.2, 0.25) is 11.8 Å². The van der Waals surface area contributed by atoms with Crippen LogP contribution in [-0.4, -0.2) is 32.3 Å². The van der Waals surface area contributed by atoms with Gasteiger partial charge in [0.1, 0.15) is 0 Å². The molecule has 2 amide bonds. The highest BCUT2D eigenvalue weighted by atomic mass is 127. The number of amides is 2. The van der Waals surface area contributed by atoms with Gasteiger partial charge in [-0.2, -0.15) is 0 Å². The Hall–Kier alpha value is 0.220. The second-order valence-corrected chi connectivity index (χ2v) is 6.92. The van der Waals surface area contributed by atoms with E-state index in [9.17, 15) is 9.59 Å². The molecule has 0 aromatic heterocycles. The summed E-state index contributed by atoms with van der Waals surface area (Å²) in [4.78, 5) is 23.6. The van der Waals surface area contributed by atoms with Crippen LogP contribution in [0.15, 0.2) is 0 Å². The van der Waals surface area contributed by atoms with Gasteiger partial charge in [-0.15, -0.1) is 11.8 Å². The summed E-state index contributed by atoms with van der Waals surface area (Å²) in [7, 11) is 1.54. The number of hydrogen-bond acceptors (Lipinski definition) is 3. The number of imide groups is 1. The summed E-state index contributed by atoms with van der Waals surface area (Å²) in [6, 6.07) is 0. The van der Waals surface area contributed by atoms with Crippen LogP contribution in [-0.2, 0) is 9.59 Å². The zero-order valence-corrected chi connectivity index (χ0v) is 9.89. The minimum absolute atomic E-state index is 0.0477. The predicted octanol–water partition coefficient (Wildman–Crippen LogP) is 1.26. The van der Waals surface area contributed by atoms with Crippen LogP contribution < -0.4 is 0 Å². The van der Waals surface area contributed by atoms with Crippen molar-refractivity contribution in [3.63, 3.8) is 0 Å². The molecule has 1 rings (SSSR count). The molecule has 1 aliphatic rings. The molecule has 2 atom stereocenters. The van der Waals surface area contributed by atoms with Crippen molar-refractivity contribution in [2.45, 2.75) is 21.9 Å². The molecule has 1 saturated heterocycles. The first kappa shape index (κ1) is 10.3. The highest BCUT2D eigenvalue weighted by Crippen LogP contribution is 2.30. The molecule has 12 heavy (non-hydrogen) atoms. The van der Waals surface area contributed by atoms with Crippen molar-refractivity contribution in [2.24, 2.45) is 0 Å². The summed E-state index contributed by atoms with van der Waals surface area (Å²) in [5, 5.41) is -0.144. The van der Waals surface area contributed by atoms with E-state index in [1.54, 1.807) is 18.8 Å². The lowest BCUT2D eigenvalue weighted by Gasteiger charge is -2.09. The van der Waals surface area contributed by atoms with Crippen LogP contribution >= 0.6 is 34.4 Å². The molecule has 3 nitrogen and oxygen atoms in total. The number of rotatable bonds is 2. The fourth-order valence-corrected chi connectivity index (χ4v) is 3.08. The molecular formula is C7H10INO2S. The van der Waals surface area contributed by atoms with Crippen LogP contribution in [0.5, 0.6) is 0 Å². The minimum atomic E-state index is -0.144. The van der Waals surface area contributed by atoms with E-state index >= 15 is 0 Å². The van der Waals surface area contributed by atoms with Gasteiger partial charge in [-0.05, 0) is 6.92 Å². The van der Waals surface area contributed by atoms with E-state index in [0.29, 0.717) is 9.68 Å². The quantitative estimate of drug-likeness (QED) is 0.438. The fraction of sp³-hybridized carbons (Fsp3) is 0.714. The number of halogens is 1. The molecule has 0 saturated carbocycles. The van der Waals surface area contributed by atoms with Crippen LogP contribution in [0, 0.1) is 0 Å². The van der Waals surface area contributed by atoms with Gasteiger partial charge in [0.15, 0.2) is 0 Å². The second kappa shape index (κ2) is 3.95. The summed E-state index contributed by atoms with van der Waals surface area (Å²) in [6.07, 6.45) is 0.368. The Morgan fingerprint density at radius 3 is 2.58 bits per heavy atom. The molecule has 68 valence electrons. The summed E-state index contributed by atoms with van der Waals surface area (Å²) in [6.45, 7) is 2.02. The number of nitrogens with zero attached hydrogens (tertiary/aromatic N) is 1. The summed E-state index contributed by atoms with van der Waals surface area (Å²) < 4.78 is 0.371. The minimum Gasteiger partial charge on any atom is -0.285 e. The standard InChI is InChI=1S/C7H10INO2S/c1-4(8)12-5-3-6(10)9(2)7(5)11/h4-5H,3H2,1-2H3. The Balaban J connectivity index is 2.59. The molecular weight excluding hydrogens is 289 g/mol. The first-order chi connectivity index (χ1) is 5.52. The van der Waals surface area contributed by atoms with E-state index in [-0.39, 0.29) is 17.1 Å². The van der Waals surface area contributed by atoms with Crippen LogP contribution in [0.4, 0.5) is 0 Å². The van der Waals surface area contributed by atoms with Gasteiger partial charge >= 0.3 is 0 Å². The van der Waals surface area contributed by atoms with Gasteiger partial charge in [-0.1, -0.05) is 22.6 Å². The molecule has 0 aliphatic carbocycles. The summed E-state index contributed by atoms with van der Waals surface area (Å²) in [5.41, 5.74) is 0. The zero-order chi connectivity index (χ0) is 9.30. The third-order valence-corrected chi connectivity index (χ3v) is 3.64. The van der Waals surface area contributed by atoms with Crippen molar-refractivity contribution in [3.8, 4) is 0 Å². The predicted molar refractivity (Wildman–Crippen MR) is 57.3 cm³/mol. The number of alkyl halides is 1. The number of thioether (sulfide) groups is 1. The van der Waals surface area contributed by atoms with Crippen molar-refractivity contribution >= 4 is 46.2 Å². The van der Waals surface area contributed by atoms with Crippen LogP contribution in [0.3, 0.4) is 0 Å². The highest BCUT2D eigenvalue weighted by molar-refractivity contribution is 14.1. The lowest BCUT2D eigenvalue weighted by atomic mass is 10.4. The van der Waals surface area contributed by atoms with Crippen molar-refractivity contribution in [1.82, 2.24) is 4.90 Å². The van der Waals surface area contributed by atoms with Crippen LogP contribution in [0.25, 0.3) is 0 Å². The lowest BCUT2D eigenvalue weighted by molar-refractivity contribution is -0.136. The summed E-state index contributed by atoms with van der Waals surface area (Å²) in [5.74, 6) is -0.108. The van der Waals surface area contributed by atoms with Gasteiger partial charge in [-0.3, -0.25) is 14.5 Å². The molecule has 0 spiro atoms. The normalized spacial score (nSPS) is 26.6. The third kappa shape index (κ3) is 2.12. The first-order valence-corrected chi connectivity index (χ1v) is 5.81. The fourth-order valence-electron chi connectivity index (χ4n) is 1.05. The van der Waals surface area contributed by atoms with Crippen molar-refractivity contribution in [2.75, 3.05) is 7.05 Å². The molecule has 1 heterocycles. The van der Waals surface area contributed by atoms with E-state index in [1.807, 2.05) is 6.92 Å².